The van der Waals surface area contributed by atoms with E-state index in [1.165, 1.54) is 18.2 Å². The van der Waals surface area contributed by atoms with Crippen LogP contribution in [0.1, 0.15) is 100.0 Å². The van der Waals surface area contributed by atoms with Crippen LogP contribution in [0.4, 0.5) is 4.79 Å². The topological polar surface area (TPSA) is 137 Å². The van der Waals surface area contributed by atoms with Crippen molar-refractivity contribution in [3.63, 3.8) is 0 Å². The Morgan fingerprint density at radius 3 is 1.82 bits per heavy atom. The first-order valence-corrected chi connectivity index (χ1v) is 14.1. The number of esters is 2. The number of carboxylic acid groups (broad SMARTS) is 1. The highest BCUT2D eigenvalue weighted by Crippen LogP contribution is 2.32. The number of ether oxygens (including phenoxy) is 4. The second-order valence-electron chi connectivity index (χ2n) is 11.3. The van der Waals surface area contributed by atoms with Crippen molar-refractivity contribution in [1.29, 1.82) is 0 Å². The monoisotopic (exact) mass is 565 g/mol. The summed E-state index contributed by atoms with van der Waals surface area (Å²) in [4.78, 5) is 50.6. The zero-order valence-electron chi connectivity index (χ0n) is 25.4. The molecule has 0 aliphatic carbocycles. The van der Waals surface area contributed by atoms with Gasteiger partial charge in [-0.15, -0.1) is 0 Å². The van der Waals surface area contributed by atoms with Crippen LogP contribution in [0.5, 0.6) is 11.5 Å². The average molecular weight is 566 g/mol. The predicted molar refractivity (Wildman–Crippen MR) is 150 cm³/mol. The minimum absolute atomic E-state index is 0.0254. The van der Waals surface area contributed by atoms with Gasteiger partial charge < -0.3 is 24.1 Å². The van der Waals surface area contributed by atoms with Crippen LogP contribution < -0.4 is 14.8 Å². The van der Waals surface area contributed by atoms with E-state index in [-0.39, 0.29) is 29.9 Å². The van der Waals surface area contributed by atoms with E-state index in [1.807, 2.05) is 20.8 Å². The van der Waals surface area contributed by atoms with Crippen LogP contribution >= 0.6 is 0 Å². The molecule has 0 amide bonds. The van der Waals surface area contributed by atoms with E-state index < -0.39 is 41.3 Å². The molecule has 1 rings (SSSR count). The summed E-state index contributed by atoms with van der Waals surface area (Å²) in [7, 11) is 0. The standard InChI is InChI=1S/C30H47NO9/c1-10-13-19(4)25(32)37-23-16-15-22(17-24(23)38-26(33)20(5)14-11-2)18-30(27(34)35,31-21(6)12-3)40-28(36)39-29(7,8)9/h15-17,19-21,31H,10-14,18H2,1-9H3,(H,34,35)/t19?,20?,21?,30-/m0/s1. The van der Waals surface area contributed by atoms with Crippen LogP contribution in [0.25, 0.3) is 0 Å². The number of carbonyl (C=O) groups is 4. The lowest BCUT2D eigenvalue weighted by molar-refractivity contribution is -0.169. The van der Waals surface area contributed by atoms with Crippen LogP contribution in [0.3, 0.4) is 0 Å². The van der Waals surface area contributed by atoms with E-state index in [0.29, 0.717) is 24.8 Å². The Kier molecular flexibility index (Phi) is 13.6. The third kappa shape index (κ3) is 11.2. The number of carbonyl (C=O) groups excluding carboxylic acids is 3. The molecule has 226 valence electrons. The van der Waals surface area contributed by atoms with Gasteiger partial charge in [0.2, 0.25) is 0 Å². The van der Waals surface area contributed by atoms with Gasteiger partial charge in [0, 0.05) is 12.5 Å². The third-order valence-corrected chi connectivity index (χ3v) is 6.21. The van der Waals surface area contributed by atoms with Crippen LogP contribution in [-0.2, 0) is 30.3 Å². The Hall–Kier alpha value is -3.14. The molecule has 10 nitrogen and oxygen atoms in total. The lowest BCUT2D eigenvalue weighted by atomic mass is 10.00. The van der Waals surface area contributed by atoms with E-state index >= 15 is 0 Å². The van der Waals surface area contributed by atoms with Crippen LogP contribution in [0, 0.1) is 11.8 Å². The van der Waals surface area contributed by atoms with E-state index in [2.05, 4.69) is 5.32 Å². The first kappa shape index (κ1) is 34.9. The van der Waals surface area contributed by atoms with Crippen LogP contribution in [0.15, 0.2) is 18.2 Å². The summed E-state index contributed by atoms with van der Waals surface area (Å²) in [5, 5.41) is 13.2. The number of carboxylic acids is 1. The van der Waals surface area contributed by atoms with E-state index in [9.17, 15) is 24.3 Å². The maximum absolute atomic E-state index is 12.8. The summed E-state index contributed by atoms with van der Waals surface area (Å²) >= 11 is 0. The van der Waals surface area contributed by atoms with Crippen molar-refractivity contribution in [3.8, 4) is 11.5 Å². The molecule has 4 atom stereocenters. The van der Waals surface area contributed by atoms with Gasteiger partial charge in [-0.2, -0.15) is 0 Å². The highest BCUT2D eigenvalue weighted by atomic mass is 16.8. The van der Waals surface area contributed by atoms with Gasteiger partial charge in [0.25, 0.3) is 5.72 Å². The average Bonchev–Trinajstić information content (AvgIpc) is 2.84. The normalized spacial score (nSPS) is 15.2. The van der Waals surface area contributed by atoms with Crippen molar-refractivity contribution in [3.05, 3.63) is 23.8 Å². The number of hydrogen-bond donors (Lipinski definition) is 2. The molecular weight excluding hydrogens is 518 g/mol. The largest absolute Gasteiger partial charge is 0.511 e. The van der Waals surface area contributed by atoms with Crippen molar-refractivity contribution in [2.24, 2.45) is 11.8 Å². The fourth-order valence-electron chi connectivity index (χ4n) is 3.84. The molecule has 0 aromatic heterocycles. The molecule has 0 aliphatic heterocycles. The number of nitrogens with one attached hydrogen (secondary N) is 1. The molecule has 1 aromatic carbocycles. The molecule has 1 aromatic rings. The maximum atomic E-state index is 12.8. The van der Waals surface area contributed by atoms with Crippen molar-refractivity contribution in [2.45, 2.75) is 118 Å². The van der Waals surface area contributed by atoms with Crippen LogP contribution in [0.2, 0.25) is 0 Å². The van der Waals surface area contributed by atoms with Gasteiger partial charge >= 0.3 is 24.1 Å². The summed E-state index contributed by atoms with van der Waals surface area (Å²) in [5.74, 6) is -3.17. The molecule has 0 radical (unpaired) electrons. The van der Waals surface area contributed by atoms with Gasteiger partial charge in [0.1, 0.15) is 5.60 Å². The van der Waals surface area contributed by atoms with Gasteiger partial charge in [-0.3, -0.25) is 14.9 Å². The van der Waals surface area contributed by atoms with Gasteiger partial charge in [-0.25, -0.2) is 9.59 Å². The summed E-state index contributed by atoms with van der Waals surface area (Å²) in [5.41, 5.74) is -2.74. The molecule has 0 spiro atoms. The molecule has 0 fully saturated rings. The van der Waals surface area contributed by atoms with E-state index in [1.54, 1.807) is 41.5 Å². The lowest BCUT2D eigenvalue weighted by Gasteiger charge is -2.33. The van der Waals surface area contributed by atoms with Gasteiger partial charge in [0.15, 0.2) is 11.5 Å². The summed E-state index contributed by atoms with van der Waals surface area (Å²) < 4.78 is 21.9. The van der Waals surface area contributed by atoms with Gasteiger partial charge in [0.05, 0.1) is 11.8 Å². The highest BCUT2D eigenvalue weighted by molar-refractivity contribution is 5.81. The van der Waals surface area contributed by atoms with E-state index in [4.69, 9.17) is 18.9 Å². The molecule has 0 bridgehead atoms. The first-order chi connectivity index (χ1) is 18.6. The molecule has 0 saturated heterocycles. The van der Waals surface area contributed by atoms with Crippen LogP contribution in [-0.4, -0.2) is 46.5 Å². The quantitative estimate of drug-likeness (QED) is 0.147. The Balaban J connectivity index is 3.53. The number of benzene rings is 1. The van der Waals surface area contributed by atoms with Gasteiger partial charge in [-0.1, -0.05) is 53.5 Å². The predicted octanol–water partition coefficient (Wildman–Crippen LogP) is 6.03. The van der Waals surface area contributed by atoms with Crippen molar-refractivity contribution in [1.82, 2.24) is 5.32 Å². The molecular formula is C30H47NO9. The molecule has 0 saturated carbocycles. The Morgan fingerprint density at radius 2 is 1.38 bits per heavy atom. The first-order valence-electron chi connectivity index (χ1n) is 14.1. The lowest BCUT2D eigenvalue weighted by Crippen LogP contribution is -2.60. The summed E-state index contributed by atoms with van der Waals surface area (Å²) in [6, 6.07) is 4.07. The maximum Gasteiger partial charge on any atom is 0.511 e. The summed E-state index contributed by atoms with van der Waals surface area (Å²) in [6.45, 7) is 15.9. The summed E-state index contributed by atoms with van der Waals surface area (Å²) in [6.07, 6.45) is 1.87. The molecule has 40 heavy (non-hydrogen) atoms. The molecule has 0 heterocycles. The van der Waals surface area contributed by atoms with Crippen molar-refractivity contribution < 1.29 is 43.2 Å². The zero-order valence-corrected chi connectivity index (χ0v) is 25.4. The number of hydrogen-bond acceptors (Lipinski definition) is 9. The molecule has 2 N–H and O–H groups in total. The van der Waals surface area contributed by atoms with Crippen molar-refractivity contribution in [2.75, 3.05) is 0 Å². The third-order valence-electron chi connectivity index (χ3n) is 6.21. The van der Waals surface area contributed by atoms with Crippen molar-refractivity contribution >= 4 is 24.1 Å². The minimum Gasteiger partial charge on any atom is -0.477 e. The second-order valence-corrected chi connectivity index (χ2v) is 11.3. The zero-order chi connectivity index (χ0) is 30.7. The Bertz CT molecular complexity index is 1020. The smallest absolute Gasteiger partial charge is 0.477 e. The Morgan fingerprint density at radius 1 is 0.850 bits per heavy atom. The fourth-order valence-corrected chi connectivity index (χ4v) is 3.84. The molecule has 0 aliphatic rings. The number of rotatable bonds is 15. The van der Waals surface area contributed by atoms with E-state index in [0.717, 1.165) is 12.8 Å². The minimum atomic E-state index is -2.19. The molecule has 3 unspecified atom stereocenters. The highest BCUT2D eigenvalue weighted by Gasteiger charge is 2.45. The van der Waals surface area contributed by atoms with Gasteiger partial charge in [-0.05, 0) is 64.7 Å². The SMILES string of the molecule is CCCC(C)C(=O)Oc1ccc(C[C@](NC(C)CC)(OC(=O)OC(C)(C)C)C(=O)O)cc1OC(=O)C(C)CCC. The second kappa shape index (κ2) is 15.6. The fraction of sp³-hybridized carbons (Fsp3) is 0.667. The Labute approximate surface area is 238 Å². The molecule has 10 heteroatoms. The number of aliphatic carboxylic acids is 1.